The number of aliphatic carboxylic acids is 1. The van der Waals surface area contributed by atoms with Crippen molar-refractivity contribution in [2.24, 2.45) is 0 Å². The molecule has 0 aromatic heterocycles. The molecule has 0 unspecified atom stereocenters. The quantitative estimate of drug-likeness (QED) is 0.670. The van der Waals surface area contributed by atoms with Gasteiger partial charge in [-0.3, -0.25) is 4.84 Å². The van der Waals surface area contributed by atoms with E-state index in [1.165, 1.54) is 24.3 Å². The molecule has 0 bridgehead atoms. The zero-order valence-corrected chi connectivity index (χ0v) is 8.07. The van der Waals surface area contributed by atoms with Crippen molar-refractivity contribution in [1.82, 2.24) is 5.48 Å². The first-order valence-electron chi connectivity index (χ1n) is 4.24. The van der Waals surface area contributed by atoms with Crippen molar-refractivity contribution in [2.45, 2.75) is 0 Å². The average Bonchev–Trinajstić information content (AvgIpc) is 2.21. The van der Waals surface area contributed by atoms with E-state index in [2.05, 4.69) is 10.2 Å². The monoisotopic (exact) mass is 228 g/mol. The number of benzene rings is 1. The van der Waals surface area contributed by atoms with E-state index >= 15 is 0 Å². The van der Waals surface area contributed by atoms with Crippen LogP contribution in [0.2, 0.25) is 0 Å². The smallest absolute Gasteiger partial charge is 0.343 e. The fourth-order valence-electron chi connectivity index (χ4n) is 0.853. The highest BCUT2D eigenvalue weighted by Crippen LogP contribution is 2.07. The highest BCUT2D eigenvalue weighted by Gasteiger charge is 2.03. The van der Waals surface area contributed by atoms with Gasteiger partial charge in [-0.05, 0) is 24.3 Å². The molecule has 6 nitrogen and oxygen atoms in total. The Kier molecular flexibility index (Phi) is 4.22. The van der Waals surface area contributed by atoms with Crippen molar-refractivity contribution in [2.75, 3.05) is 11.9 Å². The van der Waals surface area contributed by atoms with Gasteiger partial charge in [-0.1, -0.05) is 0 Å². The predicted octanol–water partition coefficient (Wildman–Crippen LogP) is 0.963. The molecular formula is C9H9FN2O4. The van der Waals surface area contributed by atoms with Crippen LogP contribution in [0, 0.1) is 5.82 Å². The molecule has 0 aliphatic heterocycles. The van der Waals surface area contributed by atoms with E-state index in [1.54, 1.807) is 0 Å². The van der Waals surface area contributed by atoms with Crippen LogP contribution < -0.4 is 10.8 Å². The molecule has 3 N–H and O–H groups in total. The third kappa shape index (κ3) is 4.38. The van der Waals surface area contributed by atoms with Crippen LogP contribution in [0.25, 0.3) is 0 Å². The van der Waals surface area contributed by atoms with Crippen LogP contribution in [-0.2, 0) is 9.63 Å². The molecule has 7 heteroatoms. The summed E-state index contributed by atoms with van der Waals surface area (Å²) < 4.78 is 12.5. The highest BCUT2D eigenvalue weighted by molar-refractivity contribution is 5.88. The van der Waals surface area contributed by atoms with Crippen LogP contribution in [0.1, 0.15) is 0 Å². The van der Waals surface area contributed by atoms with Crippen molar-refractivity contribution < 1.29 is 23.9 Å². The number of amides is 2. The molecule has 0 spiro atoms. The molecule has 2 amide bonds. The minimum absolute atomic E-state index is 0.359. The first-order valence-corrected chi connectivity index (χ1v) is 4.24. The predicted molar refractivity (Wildman–Crippen MR) is 52.1 cm³/mol. The van der Waals surface area contributed by atoms with E-state index in [0.29, 0.717) is 5.69 Å². The van der Waals surface area contributed by atoms with Gasteiger partial charge in [0.15, 0.2) is 6.61 Å². The maximum Gasteiger partial charge on any atom is 0.343 e. The summed E-state index contributed by atoms with van der Waals surface area (Å²) in [5.74, 6) is -1.63. The minimum atomic E-state index is -1.21. The van der Waals surface area contributed by atoms with Gasteiger partial charge in [0.25, 0.3) is 0 Å². The molecule has 1 aromatic rings. The highest BCUT2D eigenvalue weighted by atomic mass is 19.1. The summed E-state index contributed by atoms with van der Waals surface area (Å²) in [6, 6.07) is 4.31. The Bertz CT molecular complexity index is 380. The molecule has 16 heavy (non-hydrogen) atoms. The molecule has 0 radical (unpaired) electrons. The molecule has 0 saturated heterocycles. The molecule has 0 aliphatic rings. The number of carbonyl (C=O) groups is 2. The van der Waals surface area contributed by atoms with E-state index < -0.39 is 24.4 Å². The van der Waals surface area contributed by atoms with Gasteiger partial charge >= 0.3 is 12.0 Å². The Morgan fingerprint density at radius 2 is 1.94 bits per heavy atom. The van der Waals surface area contributed by atoms with Crippen molar-refractivity contribution in [3.05, 3.63) is 30.1 Å². The molecule has 0 saturated carbocycles. The number of anilines is 1. The Balaban J connectivity index is 2.34. The van der Waals surface area contributed by atoms with Crippen LogP contribution in [0.15, 0.2) is 24.3 Å². The summed E-state index contributed by atoms with van der Waals surface area (Å²) in [4.78, 5) is 25.4. The van der Waals surface area contributed by atoms with Crippen molar-refractivity contribution in [1.29, 1.82) is 0 Å². The van der Waals surface area contributed by atoms with Crippen molar-refractivity contribution in [3.8, 4) is 0 Å². The Labute approximate surface area is 90.0 Å². The van der Waals surface area contributed by atoms with Crippen LogP contribution in [-0.4, -0.2) is 23.7 Å². The van der Waals surface area contributed by atoms with Gasteiger partial charge in [0, 0.05) is 5.69 Å². The normalized spacial score (nSPS) is 9.56. The number of halogens is 1. The van der Waals surface area contributed by atoms with Crippen LogP contribution >= 0.6 is 0 Å². The number of urea groups is 1. The maximum atomic E-state index is 12.5. The topological polar surface area (TPSA) is 87.7 Å². The van der Waals surface area contributed by atoms with E-state index in [-0.39, 0.29) is 0 Å². The summed E-state index contributed by atoms with van der Waals surface area (Å²) in [5.41, 5.74) is 2.21. The van der Waals surface area contributed by atoms with Gasteiger partial charge in [-0.2, -0.15) is 0 Å². The summed E-state index contributed by atoms with van der Waals surface area (Å²) in [6.45, 7) is -0.642. The molecule has 86 valence electrons. The second-order valence-electron chi connectivity index (χ2n) is 2.75. The molecule has 0 aliphatic carbocycles. The minimum Gasteiger partial charge on any atom is -0.479 e. The van der Waals surface area contributed by atoms with Gasteiger partial charge in [-0.15, -0.1) is 0 Å². The number of hydroxylamine groups is 1. The van der Waals surface area contributed by atoms with Gasteiger partial charge in [-0.25, -0.2) is 19.5 Å². The second kappa shape index (κ2) is 5.66. The Morgan fingerprint density at radius 1 is 1.31 bits per heavy atom. The first kappa shape index (κ1) is 11.9. The first-order chi connectivity index (χ1) is 7.58. The SMILES string of the molecule is O=C(O)CONC(=O)Nc1ccc(F)cc1. The Hall–Kier alpha value is -2.15. The number of carboxylic acids is 1. The number of carbonyl (C=O) groups excluding carboxylic acids is 1. The van der Waals surface area contributed by atoms with E-state index in [1.807, 2.05) is 5.48 Å². The lowest BCUT2D eigenvalue weighted by Crippen LogP contribution is -2.30. The molecule has 1 rings (SSSR count). The number of nitrogens with one attached hydrogen (secondary N) is 2. The second-order valence-corrected chi connectivity index (χ2v) is 2.75. The number of hydrogen-bond acceptors (Lipinski definition) is 3. The maximum absolute atomic E-state index is 12.5. The summed E-state index contributed by atoms with van der Waals surface area (Å²) in [5, 5.41) is 10.5. The molecule has 0 atom stereocenters. The fraction of sp³-hybridized carbons (Fsp3) is 0.111. The van der Waals surface area contributed by atoms with Crippen LogP contribution in [0.5, 0.6) is 0 Å². The third-order valence-electron chi connectivity index (χ3n) is 1.46. The molecule has 0 fully saturated rings. The zero-order chi connectivity index (χ0) is 12.0. The lowest BCUT2D eigenvalue weighted by molar-refractivity contribution is -0.143. The number of rotatable bonds is 4. The van der Waals surface area contributed by atoms with Gasteiger partial charge in [0.2, 0.25) is 0 Å². The van der Waals surface area contributed by atoms with Crippen LogP contribution in [0.3, 0.4) is 0 Å². The molecular weight excluding hydrogens is 219 g/mol. The Morgan fingerprint density at radius 3 is 2.50 bits per heavy atom. The van der Waals surface area contributed by atoms with E-state index in [4.69, 9.17) is 5.11 Å². The number of carboxylic acid groups (broad SMARTS) is 1. The average molecular weight is 228 g/mol. The lowest BCUT2D eigenvalue weighted by Gasteiger charge is -2.06. The summed E-state index contributed by atoms with van der Waals surface area (Å²) >= 11 is 0. The molecule has 0 heterocycles. The van der Waals surface area contributed by atoms with E-state index in [9.17, 15) is 14.0 Å². The number of hydrogen-bond donors (Lipinski definition) is 3. The van der Waals surface area contributed by atoms with E-state index in [0.717, 1.165) is 0 Å². The van der Waals surface area contributed by atoms with Crippen molar-refractivity contribution in [3.63, 3.8) is 0 Å². The standard InChI is InChI=1S/C9H9FN2O4/c10-6-1-3-7(4-2-6)11-9(15)12-16-5-8(13)14/h1-4H,5H2,(H,13,14)(H2,11,12,15). The fourth-order valence-corrected chi connectivity index (χ4v) is 0.853. The van der Waals surface area contributed by atoms with Crippen LogP contribution in [0.4, 0.5) is 14.9 Å². The summed E-state index contributed by atoms with van der Waals surface area (Å²) in [7, 11) is 0. The largest absolute Gasteiger partial charge is 0.479 e. The van der Waals surface area contributed by atoms with Gasteiger partial charge in [0.1, 0.15) is 5.82 Å². The zero-order valence-electron chi connectivity index (χ0n) is 8.07. The van der Waals surface area contributed by atoms with Gasteiger partial charge < -0.3 is 10.4 Å². The third-order valence-corrected chi connectivity index (χ3v) is 1.46. The van der Waals surface area contributed by atoms with Gasteiger partial charge in [0.05, 0.1) is 0 Å². The molecule has 1 aromatic carbocycles. The van der Waals surface area contributed by atoms with Crippen molar-refractivity contribution >= 4 is 17.7 Å². The summed E-state index contributed by atoms with van der Waals surface area (Å²) in [6.07, 6.45) is 0. The lowest BCUT2D eigenvalue weighted by atomic mass is 10.3.